The highest BCUT2D eigenvalue weighted by molar-refractivity contribution is 7.91. The van der Waals surface area contributed by atoms with E-state index in [1.165, 1.54) is 6.33 Å². The Hall–Kier alpha value is -0.950. The molecule has 0 saturated carbocycles. The quantitative estimate of drug-likeness (QED) is 0.711. The molecular weight excluding hydrogens is 216 g/mol. The largest absolute Gasteiger partial charge is 0.313 e. The van der Waals surface area contributed by atoms with Gasteiger partial charge in [0.25, 0.3) is 0 Å². The Bertz CT molecular complexity index is 399. The molecule has 0 aliphatic carbocycles. The van der Waals surface area contributed by atoms with E-state index in [1.54, 1.807) is 11.6 Å². The maximum atomic E-state index is 11.3. The highest BCUT2D eigenvalue weighted by Gasteiger charge is 2.10. The summed E-state index contributed by atoms with van der Waals surface area (Å²) >= 11 is 0. The highest BCUT2D eigenvalue weighted by atomic mass is 32.2. The molecule has 0 aliphatic heterocycles. The fourth-order valence-electron chi connectivity index (χ4n) is 1.14. The predicted molar refractivity (Wildman–Crippen MR) is 57.1 cm³/mol. The minimum absolute atomic E-state index is 0.115. The molecule has 1 rings (SSSR count). The first-order valence-electron chi connectivity index (χ1n) is 4.80. The van der Waals surface area contributed by atoms with Crippen LogP contribution >= 0.6 is 0 Å². The van der Waals surface area contributed by atoms with Gasteiger partial charge < -0.3 is 5.32 Å². The van der Waals surface area contributed by atoms with Crippen LogP contribution in [0.3, 0.4) is 0 Å². The molecule has 0 unspecified atom stereocenters. The average Bonchev–Trinajstić information content (AvgIpc) is 2.64. The third-order valence-electron chi connectivity index (χ3n) is 2.08. The molecule has 0 aromatic carbocycles. The van der Waals surface area contributed by atoms with Gasteiger partial charge >= 0.3 is 0 Å². The van der Waals surface area contributed by atoms with Crippen LogP contribution < -0.4 is 5.32 Å². The third-order valence-corrected chi connectivity index (χ3v) is 3.77. The average molecular weight is 232 g/mol. The summed E-state index contributed by atoms with van der Waals surface area (Å²) in [5, 5.41) is 6.92. The molecule has 6 nitrogen and oxygen atoms in total. The fraction of sp³-hybridized carbons (Fsp3) is 0.750. The minimum Gasteiger partial charge on any atom is -0.313 e. The van der Waals surface area contributed by atoms with Crippen LogP contribution in [0.4, 0.5) is 0 Å². The Labute approximate surface area is 89.6 Å². The van der Waals surface area contributed by atoms with Crippen LogP contribution in [0.2, 0.25) is 0 Å². The van der Waals surface area contributed by atoms with Gasteiger partial charge in [-0.1, -0.05) is 6.92 Å². The number of hydrogen-bond acceptors (Lipinski definition) is 5. The van der Waals surface area contributed by atoms with Gasteiger partial charge in [0.1, 0.15) is 12.2 Å². The summed E-state index contributed by atoms with van der Waals surface area (Å²) in [7, 11) is -1.13. The molecule has 0 bridgehead atoms. The lowest BCUT2D eigenvalue weighted by atomic mass is 10.6. The molecule has 0 spiro atoms. The van der Waals surface area contributed by atoms with Gasteiger partial charge in [0, 0.05) is 5.75 Å². The monoisotopic (exact) mass is 232 g/mol. The van der Waals surface area contributed by atoms with Crippen LogP contribution in [-0.2, 0) is 22.9 Å². The van der Waals surface area contributed by atoms with Crippen LogP contribution in [0.1, 0.15) is 12.7 Å². The zero-order valence-electron chi connectivity index (χ0n) is 8.97. The van der Waals surface area contributed by atoms with Gasteiger partial charge in [-0.05, 0) is 7.05 Å². The second-order valence-corrected chi connectivity index (χ2v) is 5.64. The summed E-state index contributed by atoms with van der Waals surface area (Å²) in [6, 6.07) is 0. The van der Waals surface area contributed by atoms with Crippen LogP contribution in [0, 0.1) is 0 Å². The number of hydrogen-bond donors (Lipinski definition) is 1. The first-order valence-corrected chi connectivity index (χ1v) is 6.63. The lowest BCUT2D eigenvalue weighted by Gasteiger charge is -2.05. The van der Waals surface area contributed by atoms with Crippen molar-refractivity contribution < 1.29 is 8.42 Å². The van der Waals surface area contributed by atoms with E-state index in [1.807, 2.05) is 7.05 Å². The van der Waals surface area contributed by atoms with Crippen molar-refractivity contribution in [1.29, 1.82) is 0 Å². The van der Waals surface area contributed by atoms with Gasteiger partial charge in [0.15, 0.2) is 9.84 Å². The lowest BCUT2D eigenvalue weighted by molar-refractivity contribution is 0.566. The van der Waals surface area contributed by atoms with Crippen molar-refractivity contribution in [1.82, 2.24) is 20.1 Å². The topological polar surface area (TPSA) is 76.9 Å². The first kappa shape index (κ1) is 12.1. The summed E-state index contributed by atoms with van der Waals surface area (Å²) in [5.74, 6) is 1.04. The SMILES string of the molecule is CCS(=O)(=O)CCn1ncnc1CNC. The zero-order valence-corrected chi connectivity index (χ0v) is 9.79. The van der Waals surface area contributed by atoms with Gasteiger partial charge in [0.05, 0.1) is 18.8 Å². The number of nitrogens with one attached hydrogen (secondary N) is 1. The smallest absolute Gasteiger partial charge is 0.151 e. The number of aromatic nitrogens is 3. The van der Waals surface area contributed by atoms with E-state index >= 15 is 0 Å². The van der Waals surface area contributed by atoms with Crippen molar-refractivity contribution in [2.75, 3.05) is 18.6 Å². The second-order valence-electron chi connectivity index (χ2n) is 3.17. The summed E-state index contributed by atoms with van der Waals surface area (Å²) in [4.78, 5) is 4.03. The van der Waals surface area contributed by atoms with Crippen LogP contribution in [0.5, 0.6) is 0 Å². The normalized spacial score (nSPS) is 11.9. The van der Waals surface area contributed by atoms with Gasteiger partial charge in [0.2, 0.25) is 0 Å². The standard InChI is InChI=1S/C8H16N4O2S/c1-3-15(13,14)5-4-12-8(6-9-2)10-7-11-12/h7,9H,3-6H2,1-2H3. The van der Waals surface area contributed by atoms with Crippen molar-refractivity contribution in [3.05, 3.63) is 12.2 Å². The second kappa shape index (κ2) is 5.22. The molecular formula is C8H16N4O2S. The van der Waals surface area contributed by atoms with Gasteiger partial charge in [-0.15, -0.1) is 0 Å². The van der Waals surface area contributed by atoms with Crippen LogP contribution in [0.15, 0.2) is 6.33 Å². The lowest BCUT2D eigenvalue weighted by Crippen LogP contribution is -2.19. The summed E-state index contributed by atoms with van der Waals surface area (Å²) in [6.45, 7) is 2.60. The summed E-state index contributed by atoms with van der Waals surface area (Å²) < 4.78 is 24.2. The predicted octanol–water partition coefficient (Wildman–Crippen LogP) is -0.568. The molecule has 1 N–H and O–H groups in total. The van der Waals surface area contributed by atoms with Gasteiger partial charge in [-0.2, -0.15) is 5.10 Å². The van der Waals surface area contributed by atoms with Crippen molar-refractivity contribution in [3.63, 3.8) is 0 Å². The molecule has 15 heavy (non-hydrogen) atoms. The summed E-state index contributed by atoms with van der Waals surface area (Å²) in [6.07, 6.45) is 1.44. The molecule has 1 aromatic heterocycles. The molecule has 1 heterocycles. The number of rotatable bonds is 6. The maximum absolute atomic E-state index is 11.3. The van der Waals surface area contributed by atoms with E-state index in [4.69, 9.17) is 0 Å². The minimum atomic E-state index is -2.94. The molecule has 7 heteroatoms. The maximum Gasteiger partial charge on any atom is 0.151 e. The number of aryl methyl sites for hydroxylation is 1. The first-order chi connectivity index (χ1) is 7.09. The summed E-state index contributed by atoms with van der Waals surface area (Å²) in [5.41, 5.74) is 0. The third kappa shape index (κ3) is 3.60. The van der Waals surface area contributed by atoms with Crippen molar-refractivity contribution in [2.45, 2.75) is 20.0 Å². The molecule has 0 atom stereocenters. The Morgan fingerprint density at radius 3 is 2.87 bits per heavy atom. The molecule has 86 valence electrons. The van der Waals surface area contributed by atoms with Crippen molar-refractivity contribution in [3.8, 4) is 0 Å². The van der Waals surface area contributed by atoms with Crippen molar-refractivity contribution >= 4 is 9.84 Å². The van der Waals surface area contributed by atoms with E-state index in [9.17, 15) is 8.42 Å². The molecule has 0 amide bonds. The Morgan fingerprint density at radius 1 is 1.53 bits per heavy atom. The van der Waals surface area contributed by atoms with Gasteiger partial charge in [-0.3, -0.25) is 0 Å². The molecule has 1 aromatic rings. The highest BCUT2D eigenvalue weighted by Crippen LogP contribution is 1.96. The van der Waals surface area contributed by atoms with E-state index in [0.717, 1.165) is 5.82 Å². The Kier molecular flexibility index (Phi) is 4.22. The van der Waals surface area contributed by atoms with E-state index in [2.05, 4.69) is 15.4 Å². The number of sulfone groups is 1. The van der Waals surface area contributed by atoms with E-state index in [-0.39, 0.29) is 11.5 Å². The van der Waals surface area contributed by atoms with E-state index < -0.39 is 9.84 Å². The Balaban J connectivity index is 2.61. The van der Waals surface area contributed by atoms with Crippen LogP contribution in [0.25, 0.3) is 0 Å². The molecule has 0 aliphatic rings. The Morgan fingerprint density at radius 2 is 2.27 bits per heavy atom. The number of nitrogens with zero attached hydrogens (tertiary/aromatic N) is 3. The van der Waals surface area contributed by atoms with E-state index in [0.29, 0.717) is 13.1 Å². The fourth-order valence-corrected chi connectivity index (χ4v) is 1.88. The van der Waals surface area contributed by atoms with Gasteiger partial charge in [-0.25, -0.2) is 18.1 Å². The zero-order chi connectivity index (χ0) is 11.3. The van der Waals surface area contributed by atoms with Crippen LogP contribution in [-0.4, -0.2) is 41.7 Å². The molecule has 0 saturated heterocycles. The van der Waals surface area contributed by atoms with Crippen molar-refractivity contribution in [2.24, 2.45) is 0 Å². The molecule has 0 radical (unpaired) electrons. The molecule has 0 fully saturated rings.